The number of thioether (sulfide) groups is 1. The van der Waals surface area contributed by atoms with Crippen molar-refractivity contribution in [2.75, 3.05) is 18.1 Å². The molecule has 1 rings (SSSR count). The van der Waals surface area contributed by atoms with Gasteiger partial charge in [-0.2, -0.15) is 0 Å². The number of unbranched alkanes of at least 4 members (excludes halogenated alkanes) is 1. The lowest BCUT2D eigenvalue weighted by Crippen LogP contribution is -2.11. The van der Waals surface area contributed by atoms with Gasteiger partial charge in [-0.25, -0.2) is 14.8 Å². The Labute approximate surface area is 131 Å². The fraction of sp³-hybridized carbons (Fsp3) is 0.667. The number of carbonyl (C=O) groups excluding carboxylic acids is 1. The number of carbonyl (C=O) groups is 1. The fourth-order valence-electron chi connectivity index (χ4n) is 1.90. The van der Waals surface area contributed by atoms with E-state index in [4.69, 9.17) is 10.5 Å². The minimum Gasteiger partial charge on any atom is -0.462 e. The van der Waals surface area contributed by atoms with Crippen LogP contribution in [0.15, 0.2) is 11.4 Å². The lowest BCUT2D eigenvalue weighted by atomic mass is 10.0. The average Bonchev–Trinajstić information content (AvgIpc) is 2.47. The molecule has 0 aliphatic carbocycles. The molecule has 1 heterocycles. The molecule has 5 nitrogen and oxygen atoms in total. The Morgan fingerprint density at radius 2 is 2.19 bits per heavy atom. The highest BCUT2D eigenvalue weighted by Crippen LogP contribution is 2.23. The first kappa shape index (κ1) is 17.8. The molecule has 0 bridgehead atoms. The van der Waals surface area contributed by atoms with Crippen LogP contribution in [-0.2, 0) is 4.74 Å². The van der Waals surface area contributed by atoms with E-state index in [-0.39, 0.29) is 11.4 Å². The highest BCUT2D eigenvalue weighted by atomic mass is 32.2. The van der Waals surface area contributed by atoms with Gasteiger partial charge in [-0.1, -0.05) is 44.9 Å². The maximum atomic E-state index is 11.6. The van der Waals surface area contributed by atoms with E-state index in [1.165, 1.54) is 25.5 Å². The van der Waals surface area contributed by atoms with Gasteiger partial charge in [0.15, 0.2) is 5.16 Å². The third kappa shape index (κ3) is 5.91. The highest BCUT2D eigenvalue weighted by molar-refractivity contribution is 7.99. The van der Waals surface area contributed by atoms with Crippen molar-refractivity contribution < 1.29 is 9.53 Å². The van der Waals surface area contributed by atoms with E-state index in [9.17, 15) is 4.79 Å². The van der Waals surface area contributed by atoms with E-state index in [1.807, 2.05) is 0 Å². The monoisotopic (exact) mass is 311 g/mol. The van der Waals surface area contributed by atoms with Crippen LogP contribution in [0.2, 0.25) is 0 Å². The Hall–Kier alpha value is -1.30. The third-order valence-corrected chi connectivity index (χ3v) is 4.38. The number of anilines is 1. The number of aromatic nitrogens is 2. The van der Waals surface area contributed by atoms with Gasteiger partial charge in [-0.3, -0.25) is 0 Å². The van der Waals surface area contributed by atoms with Crippen molar-refractivity contribution in [2.45, 2.75) is 51.6 Å². The van der Waals surface area contributed by atoms with E-state index >= 15 is 0 Å². The molecule has 0 fully saturated rings. The van der Waals surface area contributed by atoms with Gasteiger partial charge < -0.3 is 10.5 Å². The second kappa shape index (κ2) is 9.60. The molecule has 1 atom stereocenters. The van der Waals surface area contributed by atoms with Gasteiger partial charge >= 0.3 is 5.97 Å². The van der Waals surface area contributed by atoms with Crippen molar-refractivity contribution in [2.24, 2.45) is 5.92 Å². The number of nitrogen functional groups attached to an aromatic ring is 1. The zero-order valence-corrected chi connectivity index (χ0v) is 13.9. The van der Waals surface area contributed by atoms with Crippen LogP contribution in [0.25, 0.3) is 0 Å². The van der Waals surface area contributed by atoms with Crippen LogP contribution in [0, 0.1) is 5.92 Å². The average molecular weight is 311 g/mol. The van der Waals surface area contributed by atoms with Gasteiger partial charge in [0.2, 0.25) is 0 Å². The summed E-state index contributed by atoms with van der Waals surface area (Å²) in [6, 6.07) is 0. The summed E-state index contributed by atoms with van der Waals surface area (Å²) in [5.74, 6) is 1.37. The van der Waals surface area contributed by atoms with Gasteiger partial charge in [-0.15, -0.1) is 0 Å². The van der Waals surface area contributed by atoms with Crippen molar-refractivity contribution in [1.82, 2.24) is 9.97 Å². The van der Waals surface area contributed by atoms with E-state index < -0.39 is 5.97 Å². The van der Waals surface area contributed by atoms with Crippen molar-refractivity contribution in [3.05, 3.63) is 11.8 Å². The third-order valence-electron chi connectivity index (χ3n) is 3.28. The molecule has 0 saturated carbocycles. The van der Waals surface area contributed by atoms with Crippen LogP contribution < -0.4 is 5.73 Å². The van der Waals surface area contributed by atoms with Crippen LogP contribution in [0.3, 0.4) is 0 Å². The predicted octanol–water partition coefficient (Wildman–Crippen LogP) is 3.54. The van der Waals surface area contributed by atoms with Gasteiger partial charge in [0.25, 0.3) is 0 Å². The number of nitrogens with zero attached hydrogens (tertiary/aromatic N) is 2. The Bertz CT molecular complexity index is 455. The second-order valence-corrected chi connectivity index (χ2v) is 5.89. The molecule has 0 aliphatic rings. The lowest BCUT2D eigenvalue weighted by molar-refractivity contribution is 0.0526. The molecule has 6 heteroatoms. The first-order chi connectivity index (χ1) is 10.1. The molecule has 1 unspecified atom stereocenters. The molecule has 0 amide bonds. The number of hydrogen-bond donors (Lipinski definition) is 1. The maximum Gasteiger partial charge on any atom is 0.343 e. The summed E-state index contributed by atoms with van der Waals surface area (Å²) in [6.45, 7) is 6.47. The van der Waals surface area contributed by atoms with Crippen molar-refractivity contribution in [1.29, 1.82) is 0 Å². The zero-order chi connectivity index (χ0) is 15.7. The number of hydrogen-bond acceptors (Lipinski definition) is 6. The largest absolute Gasteiger partial charge is 0.462 e. The number of ether oxygens (including phenoxy) is 1. The second-order valence-electron chi connectivity index (χ2n) is 4.90. The molecule has 21 heavy (non-hydrogen) atoms. The zero-order valence-electron chi connectivity index (χ0n) is 13.1. The summed E-state index contributed by atoms with van der Waals surface area (Å²) >= 11 is 1.60. The standard InChI is InChI=1S/C15H25N3O2S/c1-4-7-8-11(5-2)10-21-15-17-9-12(13(16)18-15)14(19)20-6-3/h9,11H,4-8,10H2,1-3H3,(H2,16,17,18). The summed E-state index contributed by atoms with van der Waals surface area (Å²) in [5.41, 5.74) is 6.04. The molecule has 0 saturated heterocycles. The summed E-state index contributed by atoms with van der Waals surface area (Å²) in [7, 11) is 0. The molecule has 1 aromatic rings. The molecule has 0 aliphatic heterocycles. The van der Waals surface area contributed by atoms with Crippen LogP contribution >= 0.6 is 11.8 Å². The number of nitrogens with two attached hydrogens (primary N) is 1. The van der Waals surface area contributed by atoms with Crippen LogP contribution in [0.1, 0.15) is 56.8 Å². The topological polar surface area (TPSA) is 78.1 Å². The smallest absolute Gasteiger partial charge is 0.343 e. The van der Waals surface area contributed by atoms with Crippen molar-refractivity contribution in [3.63, 3.8) is 0 Å². The van der Waals surface area contributed by atoms with Gasteiger partial charge in [0, 0.05) is 11.9 Å². The highest BCUT2D eigenvalue weighted by Gasteiger charge is 2.14. The lowest BCUT2D eigenvalue weighted by Gasteiger charge is -2.13. The molecular formula is C15H25N3O2S. The molecule has 118 valence electrons. The Morgan fingerprint density at radius 1 is 1.43 bits per heavy atom. The Balaban J connectivity index is 2.60. The normalized spacial score (nSPS) is 12.1. The summed E-state index contributed by atoms with van der Waals surface area (Å²) < 4.78 is 4.90. The van der Waals surface area contributed by atoms with Crippen molar-refractivity contribution in [3.8, 4) is 0 Å². The summed E-state index contributed by atoms with van der Waals surface area (Å²) in [4.78, 5) is 20.0. The molecule has 0 spiro atoms. The van der Waals surface area contributed by atoms with Crippen LogP contribution in [0.4, 0.5) is 5.82 Å². The molecule has 0 aromatic carbocycles. The van der Waals surface area contributed by atoms with Gasteiger partial charge in [0.1, 0.15) is 11.4 Å². The van der Waals surface area contributed by atoms with E-state index in [0.717, 1.165) is 12.2 Å². The van der Waals surface area contributed by atoms with E-state index in [2.05, 4.69) is 23.8 Å². The quantitative estimate of drug-likeness (QED) is 0.427. The maximum absolute atomic E-state index is 11.6. The van der Waals surface area contributed by atoms with Crippen molar-refractivity contribution >= 4 is 23.5 Å². The van der Waals surface area contributed by atoms with Crippen LogP contribution in [-0.4, -0.2) is 28.3 Å². The Morgan fingerprint density at radius 3 is 2.76 bits per heavy atom. The van der Waals surface area contributed by atoms with Gasteiger partial charge in [0.05, 0.1) is 6.61 Å². The Kier molecular flexibility index (Phi) is 8.12. The molecule has 2 N–H and O–H groups in total. The fourth-order valence-corrected chi connectivity index (χ4v) is 2.98. The first-order valence-electron chi connectivity index (χ1n) is 7.54. The SMILES string of the molecule is CCCCC(CC)CSc1ncc(C(=O)OCC)c(N)n1. The summed E-state index contributed by atoms with van der Waals surface area (Å²) in [6.07, 6.45) is 6.32. The first-order valence-corrected chi connectivity index (χ1v) is 8.53. The predicted molar refractivity (Wildman–Crippen MR) is 86.4 cm³/mol. The van der Waals surface area contributed by atoms with Crippen LogP contribution in [0.5, 0.6) is 0 Å². The van der Waals surface area contributed by atoms with E-state index in [0.29, 0.717) is 17.7 Å². The minimum atomic E-state index is -0.471. The molecule has 0 radical (unpaired) electrons. The van der Waals surface area contributed by atoms with E-state index in [1.54, 1.807) is 18.7 Å². The number of esters is 1. The number of rotatable bonds is 9. The molecule has 1 aromatic heterocycles. The van der Waals surface area contributed by atoms with Gasteiger partial charge in [-0.05, 0) is 19.3 Å². The molecular weight excluding hydrogens is 286 g/mol. The minimum absolute atomic E-state index is 0.188. The summed E-state index contributed by atoms with van der Waals surface area (Å²) in [5, 5.41) is 0.621.